The van der Waals surface area contributed by atoms with E-state index in [0.717, 1.165) is 26.3 Å². The van der Waals surface area contributed by atoms with E-state index in [1.807, 2.05) is 18.7 Å². The Morgan fingerprint density at radius 2 is 2.11 bits per heavy atom. The van der Waals surface area contributed by atoms with Gasteiger partial charge in [-0.1, -0.05) is 18.7 Å². The number of hydrogen-bond donors (Lipinski definition) is 1. The zero-order valence-electron chi connectivity index (χ0n) is 13.0. The number of nitrogens with zero attached hydrogens (tertiary/aromatic N) is 2. The molecule has 19 heavy (non-hydrogen) atoms. The largest absolute Gasteiger partial charge is 0.380 e. The van der Waals surface area contributed by atoms with Crippen LogP contribution in [0.2, 0.25) is 0 Å². The van der Waals surface area contributed by atoms with Gasteiger partial charge >= 0.3 is 0 Å². The number of nitrogens with two attached hydrogens (primary N) is 1. The topological polar surface area (TPSA) is 41.7 Å². The minimum Gasteiger partial charge on any atom is -0.380 e. The van der Waals surface area contributed by atoms with Gasteiger partial charge < -0.3 is 15.4 Å². The van der Waals surface area contributed by atoms with E-state index in [4.69, 9.17) is 10.5 Å². The predicted octanol–water partition coefficient (Wildman–Crippen LogP) is 2.28. The Kier molecular flexibility index (Phi) is 6.66. The molecule has 1 aliphatic rings. The van der Waals surface area contributed by atoms with Crippen LogP contribution in [0.1, 0.15) is 34.6 Å². The molecule has 1 aliphatic heterocycles. The lowest BCUT2D eigenvalue weighted by Crippen LogP contribution is -2.53. The molecule has 5 heteroatoms. The molecule has 4 nitrogen and oxygen atoms in total. The zero-order valence-corrected chi connectivity index (χ0v) is 13.8. The predicted molar refractivity (Wildman–Crippen MR) is 83.8 cm³/mol. The fraction of sp³-hybridized carbons (Fsp3) is 0.857. The van der Waals surface area contributed by atoms with Gasteiger partial charge in [-0.3, -0.25) is 4.90 Å². The second kappa shape index (κ2) is 7.53. The number of ether oxygens (including phenoxy) is 1. The van der Waals surface area contributed by atoms with E-state index in [2.05, 4.69) is 42.9 Å². The van der Waals surface area contributed by atoms with Gasteiger partial charge in [0.25, 0.3) is 0 Å². The van der Waals surface area contributed by atoms with Crippen molar-refractivity contribution >= 4 is 11.8 Å². The van der Waals surface area contributed by atoms with Gasteiger partial charge in [0.15, 0.2) is 0 Å². The SMILES string of the molecule is CCOCCN(CC)C1SC=C(CN)N1C(C)(C)C. The molecule has 1 unspecified atom stereocenters. The number of thioether (sulfide) groups is 1. The summed E-state index contributed by atoms with van der Waals surface area (Å²) in [6, 6.07) is 0. The third kappa shape index (κ3) is 4.38. The molecule has 0 aliphatic carbocycles. The van der Waals surface area contributed by atoms with Crippen molar-refractivity contribution in [2.45, 2.75) is 45.7 Å². The summed E-state index contributed by atoms with van der Waals surface area (Å²) in [5, 5.41) is 2.21. The van der Waals surface area contributed by atoms with Crippen molar-refractivity contribution < 1.29 is 4.74 Å². The summed E-state index contributed by atoms with van der Waals surface area (Å²) in [4.78, 5) is 4.89. The molecule has 1 rings (SSSR count). The fourth-order valence-corrected chi connectivity index (χ4v) is 3.80. The molecule has 0 saturated carbocycles. The van der Waals surface area contributed by atoms with Gasteiger partial charge in [-0.2, -0.15) is 0 Å². The molecule has 112 valence electrons. The van der Waals surface area contributed by atoms with Crippen LogP contribution in [-0.2, 0) is 4.74 Å². The van der Waals surface area contributed by atoms with E-state index in [9.17, 15) is 0 Å². The highest BCUT2D eigenvalue weighted by Gasteiger charge is 2.37. The highest BCUT2D eigenvalue weighted by molar-refractivity contribution is 8.02. The van der Waals surface area contributed by atoms with Crippen molar-refractivity contribution in [1.29, 1.82) is 0 Å². The zero-order chi connectivity index (χ0) is 14.5. The Bertz CT molecular complexity index is 302. The third-order valence-electron chi connectivity index (χ3n) is 3.23. The van der Waals surface area contributed by atoms with Crippen LogP contribution in [0.25, 0.3) is 0 Å². The van der Waals surface area contributed by atoms with Crippen molar-refractivity contribution in [3.63, 3.8) is 0 Å². The molecule has 0 fully saturated rings. The average Bonchev–Trinajstić information content (AvgIpc) is 2.78. The first-order chi connectivity index (χ1) is 8.95. The Hall–Kier alpha value is -0.230. The minimum atomic E-state index is 0.0817. The Morgan fingerprint density at radius 1 is 1.42 bits per heavy atom. The second-order valence-electron chi connectivity index (χ2n) is 5.64. The van der Waals surface area contributed by atoms with Crippen LogP contribution >= 0.6 is 11.8 Å². The molecule has 0 aromatic heterocycles. The summed E-state index contributed by atoms with van der Waals surface area (Å²) in [6.07, 6.45) is 0. The highest BCUT2D eigenvalue weighted by atomic mass is 32.2. The van der Waals surface area contributed by atoms with Crippen molar-refractivity contribution in [2.24, 2.45) is 5.73 Å². The van der Waals surface area contributed by atoms with Crippen molar-refractivity contribution in [2.75, 3.05) is 32.8 Å². The number of likely N-dealkylation sites (N-methyl/N-ethyl adjacent to an activating group) is 1. The van der Waals surface area contributed by atoms with Crippen molar-refractivity contribution in [3.8, 4) is 0 Å². The van der Waals surface area contributed by atoms with Crippen LogP contribution in [0.15, 0.2) is 11.1 Å². The normalized spacial score (nSPS) is 20.3. The number of hydrogen-bond acceptors (Lipinski definition) is 5. The molecule has 0 aromatic carbocycles. The standard InChI is InChI=1S/C14H29N3OS/c1-6-16(8-9-18-7-2)13-17(14(3,4)5)12(10-15)11-19-13/h11,13H,6-10,15H2,1-5H3. The van der Waals surface area contributed by atoms with E-state index in [1.54, 1.807) is 0 Å². The van der Waals surface area contributed by atoms with Crippen LogP contribution in [0.3, 0.4) is 0 Å². The smallest absolute Gasteiger partial charge is 0.135 e. The molecule has 0 amide bonds. The monoisotopic (exact) mass is 287 g/mol. The molecule has 0 bridgehead atoms. The van der Waals surface area contributed by atoms with Gasteiger partial charge in [0.1, 0.15) is 5.50 Å². The van der Waals surface area contributed by atoms with Crippen LogP contribution in [0, 0.1) is 0 Å². The maximum Gasteiger partial charge on any atom is 0.135 e. The lowest BCUT2D eigenvalue weighted by atomic mass is 10.1. The summed E-state index contributed by atoms with van der Waals surface area (Å²) < 4.78 is 5.49. The lowest BCUT2D eigenvalue weighted by molar-refractivity contribution is 0.0463. The van der Waals surface area contributed by atoms with Gasteiger partial charge in [0.2, 0.25) is 0 Å². The summed E-state index contributed by atoms with van der Waals surface area (Å²) in [5.74, 6) is 0. The number of rotatable bonds is 7. The molecule has 0 radical (unpaired) electrons. The molecular formula is C14H29N3OS. The third-order valence-corrected chi connectivity index (χ3v) is 4.39. The van der Waals surface area contributed by atoms with Gasteiger partial charge in [-0.15, -0.1) is 0 Å². The Morgan fingerprint density at radius 3 is 2.58 bits per heavy atom. The Balaban J connectivity index is 2.74. The Labute approximate surface area is 122 Å². The second-order valence-corrected chi connectivity index (χ2v) is 6.57. The molecule has 0 spiro atoms. The molecule has 1 atom stereocenters. The van der Waals surface area contributed by atoms with Gasteiger partial charge in [-0.25, -0.2) is 0 Å². The van der Waals surface area contributed by atoms with E-state index in [1.165, 1.54) is 5.70 Å². The summed E-state index contributed by atoms with van der Waals surface area (Å²) >= 11 is 1.86. The highest BCUT2D eigenvalue weighted by Crippen LogP contribution is 2.38. The lowest BCUT2D eigenvalue weighted by Gasteiger charge is -2.44. The van der Waals surface area contributed by atoms with E-state index < -0.39 is 0 Å². The van der Waals surface area contributed by atoms with E-state index in [0.29, 0.717) is 12.0 Å². The molecule has 2 N–H and O–H groups in total. The summed E-state index contributed by atoms with van der Waals surface area (Å²) in [7, 11) is 0. The molecule has 1 heterocycles. The average molecular weight is 287 g/mol. The van der Waals surface area contributed by atoms with Gasteiger partial charge in [0, 0.05) is 30.9 Å². The van der Waals surface area contributed by atoms with Gasteiger partial charge in [-0.05, 0) is 39.6 Å². The summed E-state index contributed by atoms with van der Waals surface area (Å²) in [6.45, 7) is 15.1. The fourth-order valence-electron chi connectivity index (χ4n) is 2.31. The molecular weight excluding hydrogens is 258 g/mol. The first-order valence-electron chi connectivity index (χ1n) is 7.11. The van der Waals surface area contributed by atoms with Gasteiger partial charge in [0.05, 0.1) is 6.61 Å². The maximum atomic E-state index is 5.88. The van der Waals surface area contributed by atoms with Crippen LogP contribution in [-0.4, -0.2) is 53.7 Å². The van der Waals surface area contributed by atoms with Crippen LogP contribution in [0.4, 0.5) is 0 Å². The summed E-state index contributed by atoms with van der Waals surface area (Å²) in [5.41, 5.74) is 7.53. The molecule has 0 saturated heterocycles. The van der Waals surface area contributed by atoms with Crippen LogP contribution in [0.5, 0.6) is 0 Å². The van der Waals surface area contributed by atoms with E-state index >= 15 is 0 Å². The van der Waals surface area contributed by atoms with E-state index in [-0.39, 0.29) is 5.54 Å². The first-order valence-corrected chi connectivity index (χ1v) is 8.05. The minimum absolute atomic E-state index is 0.0817. The van der Waals surface area contributed by atoms with Crippen molar-refractivity contribution in [3.05, 3.63) is 11.1 Å². The first kappa shape index (κ1) is 16.8. The quantitative estimate of drug-likeness (QED) is 0.728. The maximum absolute atomic E-state index is 5.88. The van der Waals surface area contributed by atoms with Crippen LogP contribution < -0.4 is 5.73 Å². The van der Waals surface area contributed by atoms with Crippen molar-refractivity contribution in [1.82, 2.24) is 9.80 Å². The molecule has 0 aromatic rings.